The lowest BCUT2D eigenvalue weighted by Crippen LogP contribution is -2.41. The van der Waals surface area contributed by atoms with Crippen molar-refractivity contribution in [3.63, 3.8) is 0 Å². The fourth-order valence-corrected chi connectivity index (χ4v) is 4.51. The predicted octanol–water partition coefficient (Wildman–Crippen LogP) is 2.81. The number of pyridine rings is 2. The summed E-state index contributed by atoms with van der Waals surface area (Å²) in [5.41, 5.74) is 6.07. The minimum absolute atomic E-state index is 0.0994. The van der Waals surface area contributed by atoms with Crippen LogP contribution in [-0.2, 0) is 6.42 Å². The molecule has 9 heteroatoms. The van der Waals surface area contributed by atoms with Crippen molar-refractivity contribution in [1.29, 1.82) is 0 Å². The molecular formula is C23H21N7O2. The molecule has 1 aliphatic rings. The molecule has 5 aromatic rings. The van der Waals surface area contributed by atoms with Crippen molar-refractivity contribution in [1.82, 2.24) is 34.1 Å². The summed E-state index contributed by atoms with van der Waals surface area (Å²) in [6, 6.07) is 9.37. The summed E-state index contributed by atoms with van der Waals surface area (Å²) in [5.74, 6) is 0.578. The number of carbonyl (C=O) groups is 1. The fraction of sp³-hybridized carbons (Fsp3) is 0.217. The van der Waals surface area contributed by atoms with E-state index in [0.717, 1.165) is 33.7 Å². The molecule has 0 spiro atoms. The van der Waals surface area contributed by atoms with Crippen molar-refractivity contribution in [2.24, 2.45) is 0 Å². The topological polar surface area (TPSA) is 92.8 Å². The number of rotatable bonds is 3. The van der Waals surface area contributed by atoms with Gasteiger partial charge in [0, 0.05) is 24.9 Å². The second-order valence-electron chi connectivity index (χ2n) is 7.96. The van der Waals surface area contributed by atoms with Crippen molar-refractivity contribution in [2.45, 2.75) is 19.4 Å². The van der Waals surface area contributed by atoms with Crippen molar-refractivity contribution < 1.29 is 9.53 Å². The Labute approximate surface area is 183 Å². The van der Waals surface area contributed by atoms with Crippen molar-refractivity contribution >= 4 is 16.9 Å². The number of nitrogens with one attached hydrogen (secondary N) is 1. The largest absolute Gasteiger partial charge is 0.495 e. The lowest BCUT2D eigenvalue weighted by atomic mass is 9.98. The van der Waals surface area contributed by atoms with E-state index in [4.69, 9.17) is 9.84 Å². The molecule has 160 valence electrons. The van der Waals surface area contributed by atoms with Gasteiger partial charge in [0.25, 0.3) is 5.91 Å². The van der Waals surface area contributed by atoms with Crippen molar-refractivity contribution in [2.75, 3.05) is 13.7 Å². The summed E-state index contributed by atoms with van der Waals surface area (Å²) in [4.78, 5) is 23.4. The van der Waals surface area contributed by atoms with E-state index in [-0.39, 0.29) is 11.9 Å². The molecule has 0 fully saturated rings. The van der Waals surface area contributed by atoms with Gasteiger partial charge < -0.3 is 14.6 Å². The van der Waals surface area contributed by atoms with Crippen LogP contribution in [0.15, 0.2) is 55.2 Å². The zero-order chi connectivity index (χ0) is 21.8. The standard InChI is InChI=1S/C23H21N7O2/c1-14-4-3-8-29-20(14)10-18(27-29)22-21-17(24-13-25-21)7-9-28(22)23(31)16-11-26-30-12-15(32-2)5-6-19(16)30/h3-6,8,10-13,22H,7,9H2,1-2H3,(H,24,25)/t22-/m1/s1. The molecule has 6 heterocycles. The molecule has 32 heavy (non-hydrogen) atoms. The van der Waals surface area contributed by atoms with Gasteiger partial charge in [0.2, 0.25) is 0 Å². The second-order valence-corrected chi connectivity index (χ2v) is 7.96. The number of aryl methyl sites for hydroxylation is 1. The van der Waals surface area contributed by atoms with Crippen LogP contribution in [0, 0.1) is 6.92 Å². The van der Waals surface area contributed by atoms with Gasteiger partial charge in [-0.25, -0.2) is 14.0 Å². The van der Waals surface area contributed by atoms with Crippen molar-refractivity contribution in [3.8, 4) is 5.75 Å². The first-order valence-corrected chi connectivity index (χ1v) is 10.4. The van der Waals surface area contributed by atoms with Gasteiger partial charge in [0.05, 0.1) is 53.8 Å². The molecule has 9 nitrogen and oxygen atoms in total. The molecule has 0 bridgehead atoms. The van der Waals surface area contributed by atoms with Gasteiger partial charge in [-0.05, 0) is 36.8 Å². The van der Waals surface area contributed by atoms with Gasteiger partial charge in [-0.2, -0.15) is 10.2 Å². The quantitative estimate of drug-likeness (QED) is 0.478. The van der Waals surface area contributed by atoms with Crippen LogP contribution < -0.4 is 4.74 Å². The lowest BCUT2D eigenvalue weighted by Gasteiger charge is -2.33. The Bertz CT molecular complexity index is 1480. The van der Waals surface area contributed by atoms with E-state index in [2.05, 4.69) is 28.1 Å². The van der Waals surface area contributed by atoms with Crippen LogP contribution in [0.1, 0.15) is 39.0 Å². The number of imidazole rings is 1. The maximum atomic E-state index is 13.8. The highest BCUT2D eigenvalue weighted by Gasteiger charge is 2.37. The number of carbonyl (C=O) groups excluding carboxylic acids is 1. The molecule has 0 radical (unpaired) electrons. The molecule has 0 aliphatic carbocycles. The minimum atomic E-state index is -0.384. The Kier molecular flexibility index (Phi) is 4.04. The van der Waals surface area contributed by atoms with Crippen LogP contribution in [-0.4, -0.2) is 53.7 Å². The molecule has 1 aliphatic heterocycles. The highest BCUT2D eigenvalue weighted by molar-refractivity contribution is 6.01. The number of hydrogen-bond donors (Lipinski definition) is 1. The van der Waals surface area contributed by atoms with Crippen LogP contribution in [0.5, 0.6) is 5.75 Å². The van der Waals surface area contributed by atoms with Gasteiger partial charge in [-0.1, -0.05) is 6.07 Å². The Morgan fingerprint density at radius 2 is 2.12 bits per heavy atom. The summed E-state index contributed by atoms with van der Waals surface area (Å²) in [6.45, 7) is 2.61. The van der Waals surface area contributed by atoms with E-state index < -0.39 is 0 Å². The minimum Gasteiger partial charge on any atom is -0.495 e. The van der Waals surface area contributed by atoms with E-state index in [1.165, 1.54) is 0 Å². The molecule has 1 N–H and O–H groups in total. The number of fused-ring (bicyclic) bond motifs is 3. The number of methoxy groups -OCH3 is 1. The van der Waals surface area contributed by atoms with Crippen LogP contribution in [0.4, 0.5) is 0 Å². The summed E-state index contributed by atoms with van der Waals surface area (Å²) in [7, 11) is 1.60. The average molecular weight is 427 g/mol. The molecule has 0 saturated carbocycles. The molecule has 6 rings (SSSR count). The van der Waals surface area contributed by atoms with E-state index in [9.17, 15) is 4.79 Å². The first-order chi connectivity index (χ1) is 15.6. The third-order valence-corrected chi connectivity index (χ3v) is 6.15. The predicted molar refractivity (Wildman–Crippen MR) is 117 cm³/mol. The van der Waals surface area contributed by atoms with E-state index in [1.54, 1.807) is 30.3 Å². The SMILES string of the molecule is COc1ccc2c(C(=O)N3CCc4[nH]cnc4[C@H]3c3cc4c(C)cccn4n3)cnn2c1. The van der Waals surface area contributed by atoms with Gasteiger partial charge in [-0.3, -0.25) is 4.79 Å². The van der Waals surface area contributed by atoms with E-state index in [0.29, 0.717) is 24.3 Å². The molecule has 0 saturated heterocycles. The number of aromatic nitrogens is 6. The summed E-state index contributed by atoms with van der Waals surface area (Å²) >= 11 is 0. The smallest absolute Gasteiger partial charge is 0.258 e. The number of H-pyrrole nitrogens is 1. The maximum Gasteiger partial charge on any atom is 0.258 e. The van der Waals surface area contributed by atoms with E-state index >= 15 is 0 Å². The average Bonchev–Trinajstić information content (AvgIpc) is 3.55. The van der Waals surface area contributed by atoms with Crippen LogP contribution >= 0.6 is 0 Å². The zero-order valence-corrected chi connectivity index (χ0v) is 17.7. The summed E-state index contributed by atoms with van der Waals surface area (Å²) in [5, 5.41) is 9.18. The third kappa shape index (κ3) is 2.71. The summed E-state index contributed by atoms with van der Waals surface area (Å²) < 4.78 is 8.80. The number of ether oxygens (including phenoxy) is 1. The molecular weight excluding hydrogens is 406 g/mol. The highest BCUT2D eigenvalue weighted by Crippen LogP contribution is 2.35. The normalized spacial score (nSPS) is 15.9. The Morgan fingerprint density at radius 1 is 1.22 bits per heavy atom. The van der Waals surface area contributed by atoms with Crippen LogP contribution in [0.25, 0.3) is 11.0 Å². The van der Waals surface area contributed by atoms with Gasteiger partial charge in [-0.15, -0.1) is 0 Å². The Hall–Kier alpha value is -4.14. The van der Waals surface area contributed by atoms with Gasteiger partial charge >= 0.3 is 0 Å². The lowest BCUT2D eigenvalue weighted by molar-refractivity contribution is 0.0689. The molecule has 0 aromatic carbocycles. The molecule has 5 aromatic heterocycles. The van der Waals surface area contributed by atoms with E-state index in [1.807, 2.05) is 39.9 Å². The van der Waals surface area contributed by atoms with Crippen molar-refractivity contribution in [3.05, 3.63) is 83.5 Å². The molecule has 1 atom stereocenters. The van der Waals surface area contributed by atoms with Gasteiger partial charge in [0.1, 0.15) is 11.8 Å². The van der Waals surface area contributed by atoms with Gasteiger partial charge in [0.15, 0.2) is 0 Å². The molecule has 1 amide bonds. The molecule has 0 unspecified atom stereocenters. The number of nitrogens with zero attached hydrogens (tertiary/aromatic N) is 6. The number of aromatic amines is 1. The summed E-state index contributed by atoms with van der Waals surface area (Å²) in [6.07, 6.45) is 7.69. The zero-order valence-electron chi connectivity index (χ0n) is 17.7. The Balaban J connectivity index is 1.47. The van der Waals surface area contributed by atoms with Crippen LogP contribution in [0.3, 0.4) is 0 Å². The Morgan fingerprint density at radius 3 is 2.97 bits per heavy atom. The van der Waals surface area contributed by atoms with Crippen LogP contribution in [0.2, 0.25) is 0 Å². The fourth-order valence-electron chi connectivity index (χ4n) is 4.51. The monoisotopic (exact) mass is 427 g/mol. The number of hydrogen-bond acceptors (Lipinski definition) is 5. The first-order valence-electron chi connectivity index (χ1n) is 10.4. The first kappa shape index (κ1) is 18.6. The third-order valence-electron chi connectivity index (χ3n) is 6.15. The maximum absolute atomic E-state index is 13.8. The number of amides is 1. The second kappa shape index (κ2) is 6.94. The highest BCUT2D eigenvalue weighted by atomic mass is 16.5.